The molecule has 0 aromatic carbocycles. The summed E-state index contributed by atoms with van der Waals surface area (Å²) in [5.74, 6) is 0.814. The molecule has 1 aliphatic heterocycles. The molecule has 1 aliphatic rings. The van der Waals surface area contributed by atoms with Crippen molar-refractivity contribution in [3.63, 3.8) is 0 Å². The highest BCUT2D eigenvalue weighted by molar-refractivity contribution is 5.79. The van der Waals surface area contributed by atoms with Gasteiger partial charge in [0.2, 0.25) is 0 Å². The quantitative estimate of drug-likeness (QED) is 0.575. The van der Waals surface area contributed by atoms with Crippen LogP contribution < -0.4 is 10.6 Å². The number of ether oxygens (including phenoxy) is 1. The highest BCUT2D eigenvalue weighted by atomic mass is 16.6. The Labute approximate surface area is 162 Å². The molecule has 1 saturated heterocycles. The highest BCUT2D eigenvalue weighted by Gasteiger charge is 2.25. The number of amides is 1. The van der Waals surface area contributed by atoms with Crippen LogP contribution in [-0.2, 0) is 11.3 Å². The molecule has 152 valence electrons. The van der Waals surface area contributed by atoms with E-state index in [1.54, 1.807) is 11.9 Å². The van der Waals surface area contributed by atoms with E-state index in [0.29, 0.717) is 13.1 Å². The molecule has 1 amide bonds. The van der Waals surface area contributed by atoms with Crippen molar-refractivity contribution >= 4 is 12.1 Å². The number of carbonyl (C=O) groups is 1. The summed E-state index contributed by atoms with van der Waals surface area (Å²) in [5, 5.41) is 6.66. The first-order valence-electron chi connectivity index (χ1n) is 9.63. The van der Waals surface area contributed by atoms with Crippen molar-refractivity contribution in [2.75, 3.05) is 52.9 Å². The number of aromatic nitrogens is 1. The summed E-state index contributed by atoms with van der Waals surface area (Å²) < 4.78 is 7.56. The molecular formula is C19H34N6O2. The molecule has 1 fully saturated rings. The maximum absolute atomic E-state index is 12.1. The molecule has 0 atom stereocenters. The number of guanidine groups is 1. The monoisotopic (exact) mass is 378 g/mol. The predicted molar refractivity (Wildman–Crippen MR) is 108 cm³/mol. The molecule has 27 heavy (non-hydrogen) atoms. The van der Waals surface area contributed by atoms with Crippen LogP contribution in [0.2, 0.25) is 0 Å². The number of rotatable bonds is 6. The van der Waals surface area contributed by atoms with Crippen LogP contribution in [0.4, 0.5) is 4.79 Å². The smallest absolute Gasteiger partial charge is 0.410 e. The third kappa shape index (κ3) is 7.90. The minimum Gasteiger partial charge on any atom is -0.444 e. The summed E-state index contributed by atoms with van der Waals surface area (Å²) >= 11 is 0. The van der Waals surface area contributed by atoms with E-state index in [9.17, 15) is 4.79 Å². The molecule has 0 saturated carbocycles. The molecule has 0 aliphatic carbocycles. The van der Waals surface area contributed by atoms with E-state index >= 15 is 0 Å². The summed E-state index contributed by atoms with van der Waals surface area (Å²) in [6, 6.07) is 4.05. The molecule has 0 bridgehead atoms. The topological polar surface area (TPSA) is 74.1 Å². The van der Waals surface area contributed by atoms with Gasteiger partial charge in [-0.1, -0.05) is 0 Å². The molecular weight excluding hydrogens is 344 g/mol. The van der Waals surface area contributed by atoms with Crippen molar-refractivity contribution in [3.8, 4) is 0 Å². The predicted octanol–water partition coefficient (Wildman–Crippen LogP) is 1.21. The molecule has 2 heterocycles. The van der Waals surface area contributed by atoms with Gasteiger partial charge in [0.1, 0.15) is 5.60 Å². The van der Waals surface area contributed by atoms with Crippen LogP contribution in [0.3, 0.4) is 0 Å². The summed E-state index contributed by atoms with van der Waals surface area (Å²) in [6.45, 7) is 12.3. The second-order valence-electron chi connectivity index (χ2n) is 7.66. The number of nitrogens with one attached hydrogen (secondary N) is 2. The van der Waals surface area contributed by atoms with Crippen LogP contribution in [0.1, 0.15) is 20.8 Å². The van der Waals surface area contributed by atoms with Gasteiger partial charge in [-0.25, -0.2) is 4.79 Å². The van der Waals surface area contributed by atoms with Crippen LogP contribution in [0.15, 0.2) is 29.5 Å². The maximum atomic E-state index is 12.1. The lowest BCUT2D eigenvalue weighted by Crippen LogP contribution is -2.51. The minimum absolute atomic E-state index is 0.215. The van der Waals surface area contributed by atoms with Gasteiger partial charge < -0.3 is 24.8 Å². The van der Waals surface area contributed by atoms with Crippen LogP contribution in [-0.4, -0.2) is 84.9 Å². The molecule has 2 rings (SSSR count). The fourth-order valence-electron chi connectivity index (χ4n) is 2.86. The first-order chi connectivity index (χ1) is 12.9. The molecule has 0 unspecified atom stereocenters. The van der Waals surface area contributed by atoms with E-state index in [0.717, 1.165) is 45.2 Å². The summed E-state index contributed by atoms with van der Waals surface area (Å²) in [7, 11) is 1.78. The van der Waals surface area contributed by atoms with E-state index in [4.69, 9.17) is 4.74 Å². The zero-order valence-electron chi connectivity index (χ0n) is 17.1. The van der Waals surface area contributed by atoms with Gasteiger partial charge in [-0.3, -0.25) is 9.89 Å². The summed E-state index contributed by atoms with van der Waals surface area (Å²) in [5.41, 5.74) is -0.442. The van der Waals surface area contributed by atoms with Crippen LogP contribution >= 0.6 is 0 Å². The van der Waals surface area contributed by atoms with Crippen LogP contribution in [0, 0.1) is 0 Å². The summed E-state index contributed by atoms with van der Waals surface area (Å²) in [4.78, 5) is 20.5. The molecule has 0 spiro atoms. The van der Waals surface area contributed by atoms with Crippen LogP contribution in [0.5, 0.6) is 0 Å². The fourth-order valence-corrected chi connectivity index (χ4v) is 2.86. The lowest BCUT2D eigenvalue weighted by atomic mass is 10.2. The van der Waals surface area contributed by atoms with Crippen molar-refractivity contribution in [3.05, 3.63) is 24.5 Å². The summed E-state index contributed by atoms with van der Waals surface area (Å²) in [6.07, 6.45) is 3.89. The Balaban J connectivity index is 1.59. The zero-order chi connectivity index (χ0) is 19.7. The molecule has 8 nitrogen and oxygen atoms in total. The van der Waals surface area contributed by atoms with Crippen molar-refractivity contribution in [2.24, 2.45) is 4.99 Å². The van der Waals surface area contributed by atoms with E-state index in [1.165, 1.54) is 0 Å². The average molecular weight is 379 g/mol. The molecule has 8 heteroatoms. The highest BCUT2D eigenvalue weighted by Crippen LogP contribution is 2.11. The largest absolute Gasteiger partial charge is 0.444 e. The minimum atomic E-state index is -0.442. The van der Waals surface area contributed by atoms with Gasteiger partial charge in [-0.2, -0.15) is 0 Å². The number of carbonyl (C=O) groups excluding carboxylic acids is 1. The molecule has 2 N–H and O–H groups in total. The van der Waals surface area contributed by atoms with Gasteiger partial charge in [0.05, 0.1) is 0 Å². The fraction of sp³-hybridized carbons (Fsp3) is 0.684. The SMILES string of the molecule is CN=C(NCCN1CCN(C(=O)OC(C)(C)C)CC1)NCCn1cccc1. The maximum Gasteiger partial charge on any atom is 0.410 e. The second-order valence-corrected chi connectivity index (χ2v) is 7.66. The number of hydrogen-bond donors (Lipinski definition) is 2. The third-order valence-corrected chi connectivity index (χ3v) is 4.30. The Hall–Kier alpha value is -2.22. The number of hydrogen-bond acceptors (Lipinski definition) is 4. The first kappa shape index (κ1) is 21.1. The zero-order valence-corrected chi connectivity index (χ0v) is 17.1. The van der Waals surface area contributed by atoms with Gasteiger partial charge >= 0.3 is 6.09 Å². The van der Waals surface area contributed by atoms with Crippen molar-refractivity contribution in [2.45, 2.75) is 32.9 Å². The molecule has 1 aromatic heterocycles. The molecule has 0 radical (unpaired) electrons. The van der Waals surface area contributed by atoms with Crippen molar-refractivity contribution < 1.29 is 9.53 Å². The number of nitrogens with zero attached hydrogens (tertiary/aromatic N) is 4. The van der Waals surface area contributed by atoms with Gasteiger partial charge in [-0.15, -0.1) is 0 Å². The van der Waals surface area contributed by atoms with E-state index < -0.39 is 5.60 Å². The lowest BCUT2D eigenvalue weighted by molar-refractivity contribution is 0.0147. The Morgan fingerprint density at radius 1 is 1.04 bits per heavy atom. The number of aliphatic imine (C=N–C) groups is 1. The van der Waals surface area contributed by atoms with E-state index in [-0.39, 0.29) is 6.09 Å². The normalized spacial score (nSPS) is 16.3. The average Bonchev–Trinajstić information content (AvgIpc) is 3.13. The van der Waals surface area contributed by atoms with Gasteiger partial charge in [0.15, 0.2) is 5.96 Å². The Bertz CT molecular complexity index is 586. The third-order valence-electron chi connectivity index (χ3n) is 4.30. The lowest BCUT2D eigenvalue weighted by Gasteiger charge is -2.35. The van der Waals surface area contributed by atoms with Gasteiger partial charge in [-0.05, 0) is 32.9 Å². The molecule has 1 aromatic rings. The standard InChI is InChI=1S/C19H34N6O2/c1-19(2,3)27-18(26)25-15-13-24(14-16-25)12-8-22-17(20-4)21-7-11-23-9-5-6-10-23/h5-6,9-10H,7-8,11-16H2,1-4H3,(H2,20,21,22). The van der Waals surface area contributed by atoms with Gasteiger partial charge in [0.25, 0.3) is 0 Å². The first-order valence-corrected chi connectivity index (χ1v) is 9.63. The Morgan fingerprint density at radius 2 is 1.63 bits per heavy atom. The van der Waals surface area contributed by atoms with E-state index in [1.807, 2.05) is 32.9 Å². The van der Waals surface area contributed by atoms with E-state index in [2.05, 4.69) is 37.5 Å². The van der Waals surface area contributed by atoms with Crippen molar-refractivity contribution in [1.29, 1.82) is 0 Å². The Kier molecular flexibility index (Phi) is 7.97. The van der Waals surface area contributed by atoms with Crippen molar-refractivity contribution in [1.82, 2.24) is 25.0 Å². The number of piperazine rings is 1. The van der Waals surface area contributed by atoms with Crippen LogP contribution in [0.25, 0.3) is 0 Å². The Morgan fingerprint density at radius 3 is 2.19 bits per heavy atom. The van der Waals surface area contributed by atoms with Gasteiger partial charge in [0, 0.05) is 71.8 Å². The second kappa shape index (κ2) is 10.2.